The Morgan fingerprint density at radius 1 is 0.556 bits per heavy atom. The van der Waals surface area contributed by atoms with Crippen LogP contribution < -0.4 is 30.3 Å². The van der Waals surface area contributed by atoms with E-state index in [1.54, 1.807) is 72.8 Å². The Morgan fingerprint density at radius 3 is 1.31 bits per heavy atom. The van der Waals surface area contributed by atoms with Gasteiger partial charge in [0, 0.05) is 29.6 Å². The molecule has 0 fully saturated rings. The van der Waals surface area contributed by atoms with E-state index in [0.717, 1.165) is 12.2 Å². The Bertz CT molecular complexity index is 1210. The predicted molar refractivity (Wildman–Crippen MR) is 125 cm³/mol. The van der Waals surface area contributed by atoms with E-state index in [1.165, 1.54) is 0 Å². The van der Waals surface area contributed by atoms with Gasteiger partial charge in [-0.3, -0.25) is 9.59 Å². The fourth-order valence-corrected chi connectivity index (χ4v) is 2.74. The molecule has 0 aliphatic heterocycles. The Hall–Kier alpha value is -5.38. The van der Waals surface area contributed by atoms with E-state index in [-0.39, 0.29) is 0 Å². The lowest BCUT2D eigenvalue weighted by atomic mass is 10.2. The van der Waals surface area contributed by atoms with Crippen LogP contribution in [0.5, 0.6) is 23.0 Å². The molecule has 2 N–H and O–H groups in total. The van der Waals surface area contributed by atoms with E-state index < -0.39 is 23.8 Å². The number of amides is 2. The molecule has 182 valence electrons. The highest BCUT2D eigenvalue weighted by Gasteiger charge is 2.04. The summed E-state index contributed by atoms with van der Waals surface area (Å²) in [6.45, 7) is 0. The van der Waals surface area contributed by atoms with Gasteiger partial charge in [-0.05, 0) is 72.8 Å². The van der Waals surface area contributed by atoms with Gasteiger partial charge < -0.3 is 39.9 Å². The van der Waals surface area contributed by atoms with E-state index in [2.05, 4.69) is 10.6 Å². The third-order valence-electron chi connectivity index (χ3n) is 4.26. The van der Waals surface area contributed by atoms with E-state index in [4.69, 9.17) is 9.47 Å². The first kappa shape index (κ1) is 25.2. The molecule has 0 saturated carbocycles. The van der Waals surface area contributed by atoms with E-state index in [0.29, 0.717) is 46.5 Å². The number of anilines is 2. The van der Waals surface area contributed by atoms with Crippen molar-refractivity contribution in [1.29, 1.82) is 0 Å². The number of carbonyl (C=O) groups is 4. The predicted octanol–water partition coefficient (Wildman–Crippen LogP) is 1.76. The van der Waals surface area contributed by atoms with Crippen molar-refractivity contribution in [1.82, 2.24) is 0 Å². The topological polar surface area (TPSA) is 157 Å². The van der Waals surface area contributed by atoms with Crippen molar-refractivity contribution in [3.63, 3.8) is 0 Å². The maximum atomic E-state index is 11.6. The van der Waals surface area contributed by atoms with Gasteiger partial charge in [0.1, 0.15) is 23.0 Å². The molecule has 0 aromatic heterocycles. The standard InChI is InChI=1S/C26H20N2O8/c29-23(12-14-25(31)32)27-17-4-8-19(9-5-17)35-21-2-1-3-22(16-21)36-20-10-6-18(7-11-20)28-24(30)13-15-26(33)34/h1-16H,(H,27,29)(H,28,30)(H,31,32)(H,33,34)/p-2/b14-12+,15-13?. The molecule has 3 rings (SSSR count). The summed E-state index contributed by atoms with van der Waals surface area (Å²) in [5, 5.41) is 25.7. The number of hydrogen-bond acceptors (Lipinski definition) is 8. The fourth-order valence-electron chi connectivity index (χ4n) is 2.74. The van der Waals surface area contributed by atoms with Crippen molar-refractivity contribution in [2.75, 3.05) is 10.6 Å². The molecule has 0 spiro atoms. The van der Waals surface area contributed by atoms with Gasteiger partial charge in [-0.1, -0.05) is 6.07 Å². The lowest BCUT2D eigenvalue weighted by molar-refractivity contribution is -0.298. The van der Waals surface area contributed by atoms with Crippen LogP contribution in [0.1, 0.15) is 0 Å². The molecular formula is C26H18N2O8-2. The molecule has 2 amide bonds. The van der Waals surface area contributed by atoms with Gasteiger partial charge in [0.05, 0.1) is 11.9 Å². The van der Waals surface area contributed by atoms with Gasteiger partial charge in [-0.15, -0.1) is 0 Å². The maximum Gasteiger partial charge on any atom is 0.248 e. The van der Waals surface area contributed by atoms with Gasteiger partial charge in [0.25, 0.3) is 0 Å². The molecule has 10 heteroatoms. The van der Waals surface area contributed by atoms with Gasteiger partial charge in [0.2, 0.25) is 11.8 Å². The quantitative estimate of drug-likeness (QED) is 0.411. The van der Waals surface area contributed by atoms with Crippen molar-refractivity contribution in [3.05, 3.63) is 97.1 Å². The van der Waals surface area contributed by atoms with Crippen molar-refractivity contribution in [3.8, 4) is 23.0 Å². The zero-order valence-electron chi connectivity index (χ0n) is 18.5. The highest BCUT2D eigenvalue weighted by atomic mass is 16.5. The molecule has 3 aromatic rings. The van der Waals surface area contributed by atoms with Crippen molar-refractivity contribution in [2.45, 2.75) is 0 Å². The second-order valence-corrected chi connectivity index (χ2v) is 7.01. The first-order valence-corrected chi connectivity index (χ1v) is 10.3. The number of hydrogen-bond donors (Lipinski definition) is 2. The van der Waals surface area contributed by atoms with Crippen molar-refractivity contribution >= 4 is 35.1 Å². The number of benzene rings is 3. The minimum atomic E-state index is -1.47. The highest BCUT2D eigenvalue weighted by molar-refractivity contribution is 6.02. The minimum Gasteiger partial charge on any atom is -0.545 e. The Balaban J connectivity index is 1.57. The molecule has 0 heterocycles. The van der Waals surface area contributed by atoms with Gasteiger partial charge in [-0.2, -0.15) is 0 Å². The van der Waals surface area contributed by atoms with Crippen LogP contribution in [0.25, 0.3) is 0 Å². The maximum absolute atomic E-state index is 11.6. The van der Waals surface area contributed by atoms with Gasteiger partial charge in [0.15, 0.2) is 0 Å². The molecule has 0 unspecified atom stereocenters. The molecule has 0 aliphatic carbocycles. The van der Waals surface area contributed by atoms with Crippen LogP contribution in [0.15, 0.2) is 97.1 Å². The van der Waals surface area contributed by atoms with Crippen molar-refractivity contribution in [2.24, 2.45) is 0 Å². The molecule has 0 saturated heterocycles. The Kier molecular flexibility index (Phi) is 8.55. The molecule has 0 radical (unpaired) electrons. The number of aliphatic carboxylic acids is 2. The van der Waals surface area contributed by atoms with E-state index in [9.17, 15) is 29.4 Å². The van der Waals surface area contributed by atoms with Crippen LogP contribution >= 0.6 is 0 Å². The average Bonchev–Trinajstić information content (AvgIpc) is 2.84. The number of nitrogens with one attached hydrogen (secondary N) is 2. The largest absolute Gasteiger partial charge is 0.545 e. The molecular weight excluding hydrogens is 468 g/mol. The number of carboxylic acids is 2. The fraction of sp³-hybridized carbons (Fsp3) is 0. The van der Waals surface area contributed by atoms with Crippen LogP contribution in [0.4, 0.5) is 11.4 Å². The second-order valence-electron chi connectivity index (χ2n) is 7.01. The SMILES string of the molecule is O=C([O-])C=CC(=O)Nc1ccc(Oc2cccc(Oc3ccc(NC(=O)/C=C/C(=O)[O-])cc3)c2)cc1. The molecule has 0 aliphatic rings. The average molecular weight is 486 g/mol. The first-order chi connectivity index (χ1) is 17.3. The number of rotatable bonds is 10. The summed E-state index contributed by atoms with van der Waals surface area (Å²) in [7, 11) is 0. The normalized spacial score (nSPS) is 10.7. The highest BCUT2D eigenvalue weighted by Crippen LogP contribution is 2.29. The third kappa shape index (κ3) is 8.52. The second kappa shape index (κ2) is 12.2. The lowest BCUT2D eigenvalue weighted by Gasteiger charge is -2.10. The lowest BCUT2D eigenvalue weighted by Crippen LogP contribution is -2.20. The molecule has 0 bridgehead atoms. The van der Waals surface area contributed by atoms with Crippen LogP contribution in [0.3, 0.4) is 0 Å². The summed E-state index contributed by atoms with van der Waals surface area (Å²) in [4.78, 5) is 43.9. The van der Waals surface area contributed by atoms with Crippen molar-refractivity contribution < 1.29 is 38.9 Å². The minimum absolute atomic E-state index is 0.446. The van der Waals surface area contributed by atoms with Crippen LogP contribution in [0, 0.1) is 0 Å². The van der Waals surface area contributed by atoms with Crippen LogP contribution in [-0.4, -0.2) is 23.8 Å². The van der Waals surface area contributed by atoms with E-state index in [1.807, 2.05) is 0 Å². The molecule has 3 aromatic carbocycles. The summed E-state index contributed by atoms with van der Waals surface area (Å²) in [5.74, 6) is -2.19. The van der Waals surface area contributed by atoms with E-state index >= 15 is 0 Å². The third-order valence-corrected chi connectivity index (χ3v) is 4.26. The van der Waals surface area contributed by atoms with Crippen LogP contribution in [-0.2, 0) is 19.2 Å². The van der Waals surface area contributed by atoms with Crippen LogP contribution in [0.2, 0.25) is 0 Å². The summed E-state index contributed by atoms with van der Waals surface area (Å²) < 4.78 is 11.6. The Labute approximate surface area is 205 Å². The molecule has 36 heavy (non-hydrogen) atoms. The summed E-state index contributed by atoms with van der Waals surface area (Å²) in [6, 6.07) is 19.7. The molecule has 10 nitrogen and oxygen atoms in total. The zero-order chi connectivity index (χ0) is 25.9. The summed E-state index contributed by atoms with van der Waals surface area (Å²) in [5.41, 5.74) is 0.893. The Morgan fingerprint density at radius 2 is 0.944 bits per heavy atom. The monoisotopic (exact) mass is 486 g/mol. The first-order valence-electron chi connectivity index (χ1n) is 10.3. The summed E-state index contributed by atoms with van der Waals surface area (Å²) in [6.07, 6.45) is 2.98. The number of ether oxygens (including phenoxy) is 2. The van der Waals surface area contributed by atoms with Gasteiger partial charge >= 0.3 is 0 Å². The van der Waals surface area contributed by atoms with Gasteiger partial charge in [-0.25, -0.2) is 0 Å². The molecule has 0 atom stereocenters. The summed E-state index contributed by atoms with van der Waals surface area (Å²) >= 11 is 0. The smallest absolute Gasteiger partial charge is 0.248 e. The number of carboxylic acid groups (broad SMARTS) is 2. The number of carbonyl (C=O) groups excluding carboxylic acids is 4. The zero-order valence-corrected chi connectivity index (χ0v) is 18.5.